The van der Waals surface area contributed by atoms with Crippen molar-refractivity contribution in [3.8, 4) is 16.3 Å². The number of ether oxygens (including phenoxy) is 1. The Kier molecular flexibility index (Phi) is 6.40. The molecule has 1 heterocycles. The first-order chi connectivity index (χ1) is 16.2. The molecule has 1 aliphatic carbocycles. The second-order valence-corrected chi connectivity index (χ2v) is 9.79. The molecule has 5 rings (SSSR count). The Balaban J connectivity index is 1.22. The summed E-state index contributed by atoms with van der Waals surface area (Å²) in [6.07, 6.45) is 6.55. The van der Waals surface area contributed by atoms with E-state index in [4.69, 9.17) is 9.72 Å². The average molecular weight is 457 g/mol. The van der Waals surface area contributed by atoms with Gasteiger partial charge in [-0.15, -0.1) is 11.3 Å². The van der Waals surface area contributed by atoms with Crippen molar-refractivity contribution in [3.63, 3.8) is 0 Å². The number of nitrogens with one attached hydrogen (secondary N) is 1. The Morgan fingerprint density at radius 2 is 1.82 bits per heavy atom. The van der Waals surface area contributed by atoms with Crippen LogP contribution in [0.5, 0.6) is 5.75 Å². The predicted molar refractivity (Wildman–Crippen MR) is 136 cm³/mol. The lowest BCUT2D eigenvalue weighted by molar-refractivity contribution is -0.118. The summed E-state index contributed by atoms with van der Waals surface area (Å²) in [7, 11) is 0. The summed E-state index contributed by atoms with van der Waals surface area (Å²) in [5.74, 6) is 1.22. The Hall–Kier alpha value is -3.18. The molecule has 4 aromatic rings. The quantitative estimate of drug-likeness (QED) is 0.330. The Morgan fingerprint density at radius 1 is 1.03 bits per heavy atom. The fraction of sp³-hybridized carbons (Fsp3) is 0.286. The number of rotatable bonds is 6. The molecule has 1 aromatic heterocycles. The number of anilines is 1. The van der Waals surface area contributed by atoms with Gasteiger partial charge in [0.05, 0.1) is 10.2 Å². The lowest BCUT2D eigenvalue weighted by Gasteiger charge is -2.22. The van der Waals surface area contributed by atoms with Gasteiger partial charge in [-0.3, -0.25) is 4.79 Å². The number of para-hydroxylation sites is 1. The Bertz CT molecular complexity index is 1220. The molecule has 5 heteroatoms. The van der Waals surface area contributed by atoms with E-state index in [-0.39, 0.29) is 12.5 Å². The Morgan fingerprint density at radius 3 is 2.61 bits per heavy atom. The third-order valence-electron chi connectivity index (χ3n) is 6.38. The molecule has 168 valence electrons. The summed E-state index contributed by atoms with van der Waals surface area (Å²) in [4.78, 5) is 17.3. The number of carbonyl (C=O) groups excluding carboxylic acids is 1. The maximum absolute atomic E-state index is 12.6. The van der Waals surface area contributed by atoms with Gasteiger partial charge in [0.15, 0.2) is 6.61 Å². The van der Waals surface area contributed by atoms with Gasteiger partial charge in [-0.05, 0) is 67.1 Å². The molecule has 1 fully saturated rings. The lowest BCUT2D eigenvalue weighted by Crippen LogP contribution is -2.20. The van der Waals surface area contributed by atoms with E-state index in [1.54, 1.807) is 11.3 Å². The molecular formula is C28H28N2O2S. The van der Waals surface area contributed by atoms with Gasteiger partial charge in [0.2, 0.25) is 0 Å². The molecule has 1 saturated carbocycles. The van der Waals surface area contributed by atoms with Crippen LogP contribution >= 0.6 is 11.3 Å². The first kappa shape index (κ1) is 21.7. The number of aromatic nitrogens is 1. The molecule has 0 bridgehead atoms. The second-order valence-electron chi connectivity index (χ2n) is 8.76. The number of hydrogen-bond acceptors (Lipinski definition) is 4. The monoisotopic (exact) mass is 456 g/mol. The van der Waals surface area contributed by atoms with E-state index in [0.29, 0.717) is 5.92 Å². The van der Waals surface area contributed by atoms with Gasteiger partial charge in [0.25, 0.3) is 5.91 Å². The minimum atomic E-state index is -0.170. The normalized spacial score (nSPS) is 14.3. The van der Waals surface area contributed by atoms with Crippen LogP contribution < -0.4 is 10.1 Å². The largest absolute Gasteiger partial charge is 0.484 e. The SMILES string of the molecule is Cc1ccc(-c2nc3ccccc3s2)cc1NC(=O)COc1ccc(C2CCCCC2)cc1. The van der Waals surface area contributed by atoms with Crippen molar-refractivity contribution in [1.82, 2.24) is 4.98 Å². The van der Waals surface area contributed by atoms with E-state index in [1.165, 1.54) is 37.7 Å². The number of amides is 1. The smallest absolute Gasteiger partial charge is 0.262 e. The van der Waals surface area contributed by atoms with Crippen LogP contribution in [-0.2, 0) is 4.79 Å². The molecular weight excluding hydrogens is 428 g/mol. The number of benzene rings is 3. The fourth-order valence-corrected chi connectivity index (χ4v) is 5.45. The van der Waals surface area contributed by atoms with Crippen molar-refractivity contribution < 1.29 is 9.53 Å². The van der Waals surface area contributed by atoms with Gasteiger partial charge < -0.3 is 10.1 Å². The minimum absolute atomic E-state index is 0.0203. The molecule has 0 atom stereocenters. The zero-order chi connectivity index (χ0) is 22.6. The summed E-state index contributed by atoms with van der Waals surface area (Å²) in [6, 6.07) is 22.4. The van der Waals surface area contributed by atoms with Gasteiger partial charge in [0.1, 0.15) is 10.8 Å². The number of hydrogen-bond donors (Lipinski definition) is 1. The highest BCUT2D eigenvalue weighted by Gasteiger charge is 2.15. The number of aryl methyl sites for hydroxylation is 1. The maximum Gasteiger partial charge on any atom is 0.262 e. The van der Waals surface area contributed by atoms with Crippen LogP contribution in [0, 0.1) is 6.92 Å². The first-order valence-electron chi connectivity index (χ1n) is 11.6. The average Bonchev–Trinajstić information content (AvgIpc) is 3.29. The van der Waals surface area contributed by atoms with E-state index in [0.717, 1.165) is 37.8 Å². The van der Waals surface area contributed by atoms with Crippen LogP contribution in [0.3, 0.4) is 0 Å². The third kappa shape index (κ3) is 5.09. The highest BCUT2D eigenvalue weighted by atomic mass is 32.1. The van der Waals surface area contributed by atoms with Crippen molar-refractivity contribution in [2.24, 2.45) is 0 Å². The predicted octanol–water partition coefficient (Wildman–Crippen LogP) is 7.34. The van der Waals surface area contributed by atoms with Crippen LogP contribution in [0.15, 0.2) is 66.7 Å². The van der Waals surface area contributed by atoms with Gasteiger partial charge in [0, 0.05) is 11.3 Å². The van der Waals surface area contributed by atoms with Gasteiger partial charge >= 0.3 is 0 Å². The van der Waals surface area contributed by atoms with Crippen LogP contribution in [0.4, 0.5) is 5.69 Å². The van der Waals surface area contributed by atoms with Crippen LogP contribution in [0.1, 0.15) is 49.1 Å². The molecule has 33 heavy (non-hydrogen) atoms. The standard InChI is InChI=1S/C28H28N2O2S/c1-19-11-12-22(28-30-24-9-5-6-10-26(24)33-28)17-25(19)29-27(31)18-32-23-15-13-21(14-16-23)20-7-3-2-4-8-20/h5-6,9-17,20H,2-4,7-8,18H2,1H3,(H,29,31). The van der Waals surface area contributed by atoms with E-state index in [1.807, 2.05) is 55.5 Å². The Labute approximate surface area is 198 Å². The number of thiazole rings is 1. The summed E-state index contributed by atoms with van der Waals surface area (Å²) in [6.45, 7) is 1.97. The summed E-state index contributed by atoms with van der Waals surface area (Å²) in [5, 5.41) is 3.95. The molecule has 1 aliphatic rings. The minimum Gasteiger partial charge on any atom is -0.484 e. The first-order valence-corrected chi connectivity index (χ1v) is 12.5. The van der Waals surface area contributed by atoms with Gasteiger partial charge in [-0.2, -0.15) is 0 Å². The van der Waals surface area contributed by atoms with E-state index < -0.39 is 0 Å². The number of fused-ring (bicyclic) bond motifs is 1. The van der Waals surface area contributed by atoms with E-state index in [9.17, 15) is 4.79 Å². The topological polar surface area (TPSA) is 51.2 Å². The summed E-state index contributed by atoms with van der Waals surface area (Å²) < 4.78 is 6.91. The summed E-state index contributed by atoms with van der Waals surface area (Å²) >= 11 is 1.65. The van der Waals surface area contributed by atoms with Crippen molar-refractivity contribution in [2.45, 2.75) is 44.9 Å². The summed E-state index contributed by atoms with van der Waals surface area (Å²) in [5.41, 5.74) is 5.16. The van der Waals surface area contributed by atoms with E-state index in [2.05, 4.69) is 23.5 Å². The van der Waals surface area contributed by atoms with Crippen molar-refractivity contribution in [3.05, 3.63) is 77.9 Å². The van der Waals surface area contributed by atoms with Crippen molar-refractivity contribution in [2.75, 3.05) is 11.9 Å². The number of carbonyl (C=O) groups is 1. The zero-order valence-corrected chi connectivity index (χ0v) is 19.7. The van der Waals surface area contributed by atoms with Crippen molar-refractivity contribution in [1.29, 1.82) is 0 Å². The van der Waals surface area contributed by atoms with E-state index >= 15 is 0 Å². The van der Waals surface area contributed by atoms with Crippen LogP contribution in [-0.4, -0.2) is 17.5 Å². The lowest BCUT2D eigenvalue weighted by atomic mass is 9.84. The highest BCUT2D eigenvalue weighted by Crippen LogP contribution is 2.34. The molecule has 0 radical (unpaired) electrons. The van der Waals surface area contributed by atoms with Gasteiger partial charge in [-0.1, -0.05) is 55.7 Å². The molecule has 4 nitrogen and oxygen atoms in total. The fourth-order valence-electron chi connectivity index (χ4n) is 4.49. The second kappa shape index (κ2) is 9.75. The third-order valence-corrected chi connectivity index (χ3v) is 7.46. The van der Waals surface area contributed by atoms with Gasteiger partial charge in [-0.25, -0.2) is 4.98 Å². The molecule has 0 unspecified atom stereocenters. The van der Waals surface area contributed by atoms with Crippen molar-refractivity contribution >= 4 is 33.1 Å². The molecule has 0 aliphatic heterocycles. The zero-order valence-electron chi connectivity index (χ0n) is 18.8. The molecule has 1 amide bonds. The molecule has 0 saturated heterocycles. The molecule has 1 N–H and O–H groups in total. The number of nitrogens with zero attached hydrogens (tertiary/aromatic N) is 1. The molecule has 0 spiro atoms. The van der Waals surface area contributed by atoms with Crippen LogP contribution in [0.25, 0.3) is 20.8 Å². The molecule has 3 aromatic carbocycles. The highest BCUT2D eigenvalue weighted by molar-refractivity contribution is 7.21. The maximum atomic E-state index is 12.6. The van der Waals surface area contributed by atoms with Crippen LogP contribution in [0.2, 0.25) is 0 Å².